The van der Waals surface area contributed by atoms with E-state index in [1.54, 1.807) is 0 Å². The lowest BCUT2D eigenvalue weighted by Crippen LogP contribution is -2.26. The molecule has 2 aromatic heterocycles. The number of anilines is 2. The molecule has 0 spiro atoms. The smallest absolute Gasteiger partial charge is 0.151 e. The molecule has 4 rings (SSSR count). The Kier molecular flexibility index (Phi) is 3.35. The molecule has 3 heterocycles. The highest BCUT2D eigenvalue weighted by Gasteiger charge is 2.12. The summed E-state index contributed by atoms with van der Waals surface area (Å²) in [6.07, 6.45) is 4.73. The van der Waals surface area contributed by atoms with Crippen LogP contribution in [0.1, 0.15) is 12.8 Å². The fourth-order valence-corrected chi connectivity index (χ4v) is 3.26. The number of fused-ring (bicyclic) bond motifs is 3. The lowest BCUT2D eigenvalue weighted by molar-refractivity contribution is 0.352. The minimum absolute atomic E-state index is 0.745. The molecular weight excluding hydrogens is 274 g/mol. The molecule has 0 radical (unpaired) electrons. The summed E-state index contributed by atoms with van der Waals surface area (Å²) < 4.78 is 2.17. The fourth-order valence-electron chi connectivity index (χ4n) is 3.26. The molecule has 3 N–H and O–H groups in total. The Bertz CT molecular complexity index is 801. The number of nitrogens with one attached hydrogen (secondary N) is 1. The van der Waals surface area contributed by atoms with Crippen LogP contribution >= 0.6 is 0 Å². The molecule has 0 atom stereocenters. The maximum absolute atomic E-state index is 5.90. The number of nitrogen functional groups attached to an aromatic ring is 1. The third-order valence-electron chi connectivity index (χ3n) is 4.40. The van der Waals surface area contributed by atoms with Crippen LogP contribution in [0.15, 0.2) is 36.5 Å². The van der Waals surface area contributed by atoms with Gasteiger partial charge in [-0.1, -0.05) is 0 Å². The van der Waals surface area contributed by atoms with Crippen molar-refractivity contribution in [2.75, 3.05) is 37.2 Å². The van der Waals surface area contributed by atoms with Gasteiger partial charge in [-0.25, -0.2) is 4.98 Å². The number of hydrogen-bond acceptors (Lipinski definition) is 4. The van der Waals surface area contributed by atoms with Crippen molar-refractivity contribution in [3.05, 3.63) is 36.5 Å². The first-order valence-corrected chi connectivity index (χ1v) is 7.94. The maximum Gasteiger partial charge on any atom is 0.151 e. The molecule has 5 nitrogen and oxygen atoms in total. The van der Waals surface area contributed by atoms with Crippen molar-refractivity contribution < 1.29 is 0 Å². The molecule has 0 aliphatic carbocycles. The van der Waals surface area contributed by atoms with E-state index in [9.17, 15) is 0 Å². The zero-order valence-corrected chi connectivity index (χ0v) is 12.6. The Morgan fingerprint density at radius 2 is 2.00 bits per heavy atom. The Morgan fingerprint density at radius 1 is 1.14 bits per heavy atom. The second-order valence-electron chi connectivity index (χ2n) is 5.95. The molecule has 0 saturated carbocycles. The maximum atomic E-state index is 5.90. The average molecular weight is 295 g/mol. The lowest BCUT2D eigenvalue weighted by Gasteiger charge is -2.16. The van der Waals surface area contributed by atoms with Gasteiger partial charge >= 0.3 is 0 Å². The molecule has 5 heteroatoms. The number of hydrogen-bond donors (Lipinski definition) is 2. The molecule has 114 valence electrons. The van der Waals surface area contributed by atoms with E-state index in [0.717, 1.165) is 41.1 Å². The fraction of sp³-hybridized carbons (Fsp3) is 0.353. The predicted molar refractivity (Wildman–Crippen MR) is 91.3 cm³/mol. The van der Waals surface area contributed by atoms with Gasteiger partial charge in [0.1, 0.15) is 0 Å². The summed E-state index contributed by atoms with van der Waals surface area (Å²) >= 11 is 0. The van der Waals surface area contributed by atoms with Gasteiger partial charge in [-0.3, -0.25) is 0 Å². The molecule has 3 aromatic rings. The van der Waals surface area contributed by atoms with Crippen LogP contribution in [0.3, 0.4) is 0 Å². The summed E-state index contributed by atoms with van der Waals surface area (Å²) in [5, 5.41) is 3.50. The van der Waals surface area contributed by atoms with Crippen LogP contribution in [-0.2, 0) is 0 Å². The van der Waals surface area contributed by atoms with Crippen molar-refractivity contribution in [2.45, 2.75) is 12.8 Å². The molecule has 1 aliphatic rings. The van der Waals surface area contributed by atoms with Gasteiger partial charge < -0.3 is 20.4 Å². The number of benzene rings is 1. The van der Waals surface area contributed by atoms with Gasteiger partial charge in [-0.05, 0) is 56.3 Å². The van der Waals surface area contributed by atoms with Crippen LogP contribution in [0, 0.1) is 0 Å². The topological polar surface area (TPSA) is 58.6 Å². The number of likely N-dealkylation sites (tertiary alicyclic amines) is 1. The van der Waals surface area contributed by atoms with Crippen molar-refractivity contribution in [1.82, 2.24) is 14.3 Å². The van der Waals surface area contributed by atoms with Gasteiger partial charge in [0.05, 0.1) is 16.6 Å². The summed E-state index contributed by atoms with van der Waals surface area (Å²) in [7, 11) is 0. The minimum atomic E-state index is 0.745. The van der Waals surface area contributed by atoms with Crippen molar-refractivity contribution in [3.8, 4) is 0 Å². The average Bonchev–Trinajstić information content (AvgIpc) is 3.18. The Labute approximate surface area is 129 Å². The first-order chi connectivity index (χ1) is 10.8. The van der Waals surface area contributed by atoms with E-state index < -0.39 is 0 Å². The first-order valence-electron chi connectivity index (χ1n) is 7.94. The summed E-state index contributed by atoms with van der Waals surface area (Å²) in [6.45, 7) is 4.44. The largest absolute Gasteiger partial charge is 0.399 e. The van der Waals surface area contributed by atoms with E-state index in [-0.39, 0.29) is 0 Å². The second kappa shape index (κ2) is 5.50. The third kappa shape index (κ3) is 2.37. The molecule has 0 bridgehead atoms. The van der Waals surface area contributed by atoms with Gasteiger partial charge in [0.15, 0.2) is 5.82 Å². The van der Waals surface area contributed by atoms with Gasteiger partial charge in [-0.15, -0.1) is 0 Å². The second-order valence-corrected chi connectivity index (χ2v) is 5.95. The van der Waals surface area contributed by atoms with E-state index in [2.05, 4.69) is 32.9 Å². The lowest BCUT2D eigenvalue weighted by atomic mass is 10.2. The SMILES string of the molecule is Nc1ccc2c(c1)nc(NCCN1CCCC1)c1cccn12. The quantitative estimate of drug-likeness (QED) is 0.726. The molecule has 1 fully saturated rings. The number of aromatic nitrogens is 2. The Hall–Kier alpha value is -2.27. The summed E-state index contributed by atoms with van der Waals surface area (Å²) in [6, 6.07) is 10.0. The van der Waals surface area contributed by atoms with Crippen molar-refractivity contribution in [3.63, 3.8) is 0 Å². The summed E-state index contributed by atoms with van der Waals surface area (Å²) in [5.41, 5.74) is 9.76. The zero-order valence-electron chi connectivity index (χ0n) is 12.6. The molecular formula is C17H21N5. The Morgan fingerprint density at radius 3 is 2.86 bits per heavy atom. The highest BCUT2D eigenvalue weighted by molar-refractivity contribution is 5.86. The molecule has 1 aliphatic heterocycles. The van der Waals surface area contributed by atoms with Crippen LogP contribution in [0.4, 0.5) is 11.5 Å². The van der Waals surface area contributed by atoms with E-state index in [4.69, 9.17) is 10.7 Å². The van der Waals surface area contributed by atoms with Crippen LogP contribution in [0.5, 0.6) is 0 Å². The predicted octanol–water partition coefficient (Wildman–Crippen LogP) is 2.58. The molecule has 1 saturated heterocycles. The van der Waals surface area contributed by atoms with Gasteiger partial charge in [-0.2, -0.15) is 0 Å². The highest BCUT2D eigenvalue weighted by Crippen LogP contribution is 2.23. The van der Waals surface area contributed by atoms with Crippen molar-refractivity contribution >= 4 is 28.1 Å². The molecule has 0 amide bonds. The van der Waals surface area contributed by atoms with Gasteiger partial charge in [0.2, 0.25) is 0 Å². The molecule has 22 heavy (non-hydrogen) atoms. The number of nitrogens with zero attached hydrogens (tertiary/aromatic N) is 3. The first kappa shape index (κ1) is 13.4. The van der Waals surface area contributed by atoms with Crippen molar-refractivity contribution in [2.24, 2.45) is 0 Å². The van der Waals surface area contributed by atoms with Crippen LogP contribution < -0.4 is 11.1 Å². The summed E-state index contributed by atoms with van der Waals surface area (Å²) in [4.78, 5) is 7.27. The minimum Gasteiger partial charge on any atom is -0.399 e. The van der Waals surface area contributed by atoms with E-state index in [1.165, 1.54) is 25.9 Å². The number of nitrogens with two attached hydrogens (primary N) is 1. The Balaban J connectivity index is 1.64. The van der Waals surface area contributed by atoms with Crippen LogP contribution in [0.25, 0.3) is 16.6 Å². The number of rotatable bonds is 4. The van der Waals surface area contributed by atoms with E-state index in [0.29, 0.717) is 0 Å². The molecule has 1 aromatic carbocycles. The molecule has 0 unspecified atom stereocenters. The van der Waals surface area contributed by atoms with E-state index >= 15 is 0 Å². The van der Waals surface area contributed by atoms with Crippen LogP contribution in [0.2, 0.25) is 0 Å². The van der Waals surface area contributed by atoms with E-state index in [1.807, 2.05) is 18.2 Å². The summed E-state index contributed by atoms with van der Waals surface area (Å²) in [5.74, 6) is 0.933. The standard InChI is InChI=1S/C17H21N5/c18-13-5-6-15-14(12-13)20-17(16-4-3-10-22(15)16)19-7-11-21-8-1-2-9-21/h3-6,10,12H,1-2,7-9,11,18H2,(H,19,20). The normalized spacial score (nSPS) is 15.8. The van der Waals surface area contributed by atoms with Crippen molar-refractivity contribution in [1.29, 1.82) is 0 Å². The van der Waals surface area contributed by atoms with Gasteiger partial charge in [0, 0.05) is 25.0 Å². The van der Waals surface area contributed by atoms with Crippen LogP contribution in [-0.4, -0.2) is 40.5 Å². The van der Waals surface area contributed by atoms with Gasteiger partial charge in [0.25, 0.3) is 0 Å². The monoisotopic (exact) mass is 295 g/mol. The highest BCUT2D eigenvalue weighted by atomic mass is 15.2. The third-order valence-corrected chi connectivity index (χ3v) is 4.40. The zero-order chi connectivity index (χ0) is 14.9.